The number of pyridine rings is 1. The van der Waals surface area contributed by atoms with Crippen molar-refractivity contribution in [2.75, 3.05) is 10.7 Å². The Hall–Kier alpha value is -1.78. The maximum Gasteiger partial charge on any atom is 0.372 e. The van der Waals surface area contributed by atoms with Crippen molar-refractivity contribution in [2.24, 2.45) is 0 Å². The number of benzene rings is 1. The first-order valence-electron chi connectivity index (χ1n) is 5.04. The number of nitrogens with zero attached hydrogens (tertiary/aromatic N) is 1. The summed E-state index contributed by atoms with van der Waals surface area (Å²) in [5.41, 5.74) is 3.28. The lowest BCUT2D eigenvalue weighted by Crippen LogP contribution is -3.00. The number of hydrogen-bond acceptors (Lipinski definition) is 1. The molecule has 18 heavy (non-hydrogen) atoms. The van der Waals surface area contributed by atoms with Crippen LogP contribution >= 0.6 is 11.6 Å². The molecule has 0 aliphatic heterocycles. The summed E-state index contributed by atoms with van der Waals surface area (Å²) in [6, 6.07) is 12.1. The molecule has 0 radical (unpaired) electrons. The molecule has 0 saturated carbocycles. The molecule has 0 fully saturated rings. The molecule has 0 aliphatic rings. The van der Waals surface area contributed by atoms with Gasteiger partial charge in [-0.1, -0.05) is 28.4 Å². The van der Waals surface area contributed by atoms with Crippen LogP contribution in [-0.2, 0) is 0 Å². The Morgan fingerprint density at radius 2 is 1.83 bits per heavy atom. The predicted molar refractivity (Wildman–Crippen MR) is 66.5 cm³/mol. The number of amides is 2. The second kappa shape index (κ2) is 6.83. The number of carbonyl (C=O) groups is 1. The fourth-order valence-corrected chi connectivity index (χ4v) is 1.51. The van der Waals surface area contributed by atoms with E-state index in [0.29, 0.717) is 10.7 Å². The summed E-state index contributed by atoms with van der Waals surface area (Å²) in [6.07, 6.45) is 3.47. The molecular weight excluding hydrogens is 273 g/mol. The molecule has 0 atom stereocenters. The van der Waals surface area contributed by atoms with Crippen LogP contribution in [0.2, 0.25) is 5.02 Å². The Labute approximate surface area is 116 Å². The minimum atomic E-state index is -0.330. The molecule has 4 nitrogen and oxygen atoms in total. The first-order chi connectivity index (χ1) is 8.24. The highest BCUT2D eigenvalue weighted by molar-refractivity contribution is 6.30. The van der Waals surface area contributed by atoms with Crippen LogP contribution in [0.3, 0.4) is 0 Å². The highest BCUT2D eigenvalue weighted by Gasteiger charge is 2.06. The molecule has 6 heteroatoms. The molecule has 0 spiro atoms. The number of halogens is 2. The standard InChI is InChI=1S/C12H10ClN3O.ClH/c13-10-5-4-6-11(9-10)14-12(17)15-16-7-2-1-3-8-16;/h1-9H,(H-,14,15,17);1H. The van der Waals surface area contributed by atoms with Crippen molar-refractivity contribution in [3.63, 3.8) is 0 Å². The fraction of sp³-hybridized carbons (Fsp3) is 0. The van der Waals surface area contributed by atoms with Crippen molar-refractivity contribution in [1.29, 1.82) is 0 Å². The molecule has 0 aliphatic carbocycles. The first kappa shape index (κ1) is 14.3. The number of rotatable bonds is 2. The smallest absolute Gasteiger partial charge is 0.372 e. The van der Waals surface area contributed by atoms with Gasteiger partial charge < -0.3 is 17.7 Å². The normalized spacial score (nSPS) is 9.17. The van der Waals surface area contributed by atoms with Gasteiger partial charge in [0, 0.05) is 22.8 Å². The van der Waals surface area contributed by atoms with Crippen LogP contribution in [0.25, 0.3) is 0 Å². The van der Waals surface area contributed by atoms with Gasteiger partial charge in [-0.25, -0.2) is 4.79 Å². The van der Waals surface area contributed by atoms with Gasteiger partial charge in [0.25, 0.3) is 0 Å². The van der Waals surface area contributed by atoms with Crippen LogP contribution < -0.4 is 27.8 Å². The van der Waals surface area contributed by atoms with Crippen LogP contribution in [-0.4, -0.2) is 6.03 Å². The Bertz CT molecular complexity index is 520. The lowest BCUT2D eigenvalue weighted by atomic mass is 10.3. The van der Waals surface area contributed by atoms with Crippen LogP contribution in [0.1, 0.15) is 0 Å². The Kier molecular flexibility index (Phi) is 5.42. The maximum absolute atomic E-state index is 11.6. The van der Waals surface area contributed by atoms with E-state index in [1.165, 1.54) is 0 Å². The van der Waals surface area contributed by atoms with Gasteiger partial charge in [-0.2, -0.15) is 0 Å². The SMILES string of the molecule is O=C(Nc1cccc(Cl)c1)N[n+]1ccccc1.[Cl-]. The zero-order valence-electron chi connectivity index (χ0n) is 9.31. The number of aromatic nitrogens is 1. The van der Waals surface area contributed by atoms with Gasteiger partial charge in [0.15, 0.2) is 12.4 Å². The van der Waals surface area contributed by atoms with E-state index in [4.69, 9.17) is 11.6 Å². The molecule has 1 heterocycles. The summed E-state index contributed by atoms with van der Waals surface area (Å²) in [7, 11) is 0. The summed E-state index contributed by atoms with van der Waals surface area (Å²) >= 11 is 5.81. The van der Waals surface area contributed by atoms with E-state index in [1.54, 1.807) is 41.3 Å². The highest BCUT2D eigenvalue weighted by Crippen LogP contribution is 2.14. The topological polar surface area (TPSA) is 45.0 Å². The third kappa shape index (κ3) is 4.24. The number of nitrogens with one attached hydrogen (secondary N) is 2. The highest BCUT2D eigenvalue weighted by atomic mass is 35.5. The molecule has 2 aromatic rings. The van der Waals surface area contributed by atoms with E-state index in [-0.39, 0.29) is 18.4 Å². The molecule has 2 amide bonds. The van der Waals surface area contributed by atoms with Crippen molar-refractivity contribution in [1.82, 2.24) is 0 Å². The average Bonchev–Trinajstić information content (AvgIpc) is 2.30. The molecule has 2 N–H and O–H groups in total. The second-order valence-corrected chi connectivity index (χ2v) is 3.80. The monoisotopic (exact) mass is 283 g/mol. The van der Waals surface area contributed by atoms with Gasteiger partial charge >= 0.3 is 6.03 Å². The first-order valence-corrected chi connectivity index (χ1v) is 5.42. The quantitative estimate of drug-likeness (QED) is 0.711. The summed E-state index contributed by atoms with van der Waals surface area (Å²) in [5.74, 6) is 0. The van der Waals surface area contributed by atoms with E-state index in [2.05, 4.69) is 10.7 Å². The largest absolute Gasteiger partial charge is 1.00 e. The van der Waals surface area contributed by atoms with Crippen LogP contribution in [0, 0.1) is 0 Å². The molecule has 94 valence electrons. The zero-order chi connectivity index (χ0) is 12.1. The van der Waals surface area contributed by atoms with E-state index in [0.717, 1.165) is 0 Å². The van der Waals surface area contributed by atoms with Crippen molar-refractivity contribution in [3.8, 4) is 0 Å². The molecule has 0 saturated heterocycles. The molecule has 2 rings (SSSR count). The Balaban J connectivity index is 0.00000162. The number of hydrogen-bond donors (Lipinski definition) is 2. The zero-order valence-corrected chi connectivity index (χ0v) is 10.8. The van der Waals surface area contributed by atoms with Gasteiger partial charge in [-0.15, -0.1) is 5.43 Å². The number of anilines is 1. The summed E-state index contributed by atoms with van der Waals surface area (Å²) < 4.78 is 1.56. The van der Waals surface area contributed by atoms with Crippen molar-refractivity contribution in [3.05, 3.63) is 59.9 Å². The summed E-state index contributed by atoms with van der Waals surface area (Å²) in [6.45, 7) is 0. The van der Waals surface area contributed by atoms with Crippen molar-refractivity contribution >= 4 is 23.3 Å². The fourth-order valence-electron chi connectivity index (χ4n) is 1.32. The molecule has 1 aromatic heterocycles. The third-order valence-corrected chi connectivity index (χ3v) is 2.26. The predicted octanol–water partition coefficient (Wildman–Crippen LogP) is -0.593. The molecular formula is C12H11Cl2N3O. The van der Waals surface area contributed by atoms with E-state index < -0.39 is 0 Å². The lowest BCUT2D eigenvalue weighted by molar-refractivity contribution is -0.641. The van der Waals surface area contributed by atoms with Gasteiger partial charge in [0.2, 0.25) is 0 Å². The van der Waals surface area contributed by atoms with Gasteiger partial charge in [0.05, 0.1) is 0 Å². The minimum absolute atomic E-state index is 0. The molecule has 0 bridgehead atoms. The summed E-state index contributed by atoms with van der Waals surface area (Å²) in [4.78, 5) is 11.6. The van der Waals surface area contributed by atoms with E-state index >= 15 is 0 Å². The summed E-state index contributed by atoms with van der Waals surface area (Å²) in [5, 5.41) is 3.25. The van der Waals surface area contributed by atoms with E-state index in [1.807, 2.05) is 18.2 Å². The Morgan fingerprint density at radius 3 is 2.50 bits per heavy atom. The van der Waals surface area contributed by atoms with Gasteiger partial charge in [-0.05, 0) is 18.2 Å². The van der Waals surface area contributed by atoms with Crippen molar-refractivity contribution < 1.29 is 21.9 Å². The van der Waals surface area contributed by atoms with Crippen molar-refractivity contribution in [2.45, 2.75) is 0 Å². The number of urea groups is 1. The van der Waals surface area contributed by atoms with Crippen LogP contribution in [0.15, 0.2) is 54.9 Å². The average molecular weight is 284 g/mol. The molecule has 0 unspecified atom stereocenters. The molecule has 1 aromatic carbocycles. The van der Waals surface area contributed by atoms with E-state index in [9.17, 15) is 4.79 Å². The Morgan fingerprint density at radius 1 is 1.11 bits per heavy atom. The second-order valence-electron chi connectivity index (χ2n) is 3.36. The van der Waals surface area contributed by atoms with Gasteiger partial charge in [-0.3, -0.25) is 0 Å². The van der Waals surface area contributed by atoms with Crippen LogP contribution in [0.5, 0.6) is 0 Å². The van der Waals surface area contributed by atoms with Gasteiger partial charge in [0.1, 0.15) is 0 Å². The number of carbonyl (C=O) groups excluding carboxylic acids is 1. The van der Waals surface area contributed by atoms with Crippen LogP contribution in [0.4, 0.5) is 10.5 Å². The third-order valence-electron chi connectivity index (χ3n) is 2.03. The lowest BCUT2D eigenvalue weighted by Gasteiger charge is -2.03. The minimum Gasteiger partial charge on any atom is -1.00 e. The maximum atomic E-state index is 11.6.